The maximum atomic E-state index is 14.0. The highest BCUT2D eigenvalue weighted by Gasteiger charge is 2.05. The first-order valence-corrected chi connectivity index (χ1v) is 7.44. The zero-order valence-corrected chi connectivity index (χ0v) is 13.0. The third-order valence-electron chi connectivity index (χ3n) is 3.56. The standard InChI is InChI=1S/C19H16FP/c1-13-2-11-18(19(20)12-13)16-5-3-14(4-6-16)15-7-9-17(21)10-8-15/h2-12H,21H2,1H3. The molecular formula is C19H16FP. The van der Waals surface area contributed by atoms with Gasteiger partial charge in [0, 0.05) is 5.56 Å². The molecule has 0 nitrogen and oxygen atoms in total. The topological polar surface area (TPSA) is 0 Å². The molecule has 0 aliphatic carbocycles. The molecule has 0 spiro atoms. The van der Waals surface area contributed by atoms with Gasteiger partial charge in [0.15, 0.2) is 0 Å². The van der Waals surface area contributed by atoms with Gasteiger partial charge in [-0.15, -0.1) is 9.24 Å². The highest BCUT2D eigenvalue weighted by Crippen LogP contribution is 2.27. The molecule has 104 valence electrons. The van der Waals surface area contributed by atoms with Crippen LogP contribution in [0.15, 0.2) is 66.7 Å². The highest BCUT2D eigenvalue weighted by molar-refractivity contribution is 7.27. The largest absolute Gasteiger partial charge is 0.206 e. The van der Waals surface area contributed by atoms with Gasteiger partial charge in [-0.05, 0) is 40.5 Å². The molecule has 21 heavy (non-hydrogen) atoms. The van der Waals surface area contributed by atoms with E-state index < -0.39 is 0 Å². The van der Waals surface area contributed by atoms with Gasteiger partial charge in [-0.2, -0.15) is 0 Å². The van der Waals surface area contributed by atoms with Gasteiger partial charge in [0.05, 0.1) is 0 Å². The van der Waals surface area contributed by atoms with Crippen molar-refractivity contribution in [2.45, 2.75) is 6.92 Å². The Balaban J connectivity index is 1.95. The lowest BCUT2D eigenvalue weighted by atomic mass is 9.99. The second-order valence-corrected chi connectivity index (χ2v) is 5.85. The molecule has 0 aliphatic rings. The average molecular weight is 294 g/mol. The lowest BCUT2D eigenvalue weighted by Gasteiger charge is -2.07. The quantitative estimate of drug-likeness (QED) is 0.585. The lowest BCUT2D eigenvalue weighted by molar-refractivity contribution is 0.630. The van der Waals surface area contributed by atoms with Crippen LogP contribution >= 0.6 is 9.24 Å². The normalized spacial score (nSPS) is 10.6. The summed E-state index contributed by atoms with van der Waals surface area (Å²) in [7, 11) is 2.68. The smallest absolute Gasteiger partial charge is 0.131 e. The lowest BCUT2D eigenvalue weighted by Crippen LogP contribution is -1.89. The molecule has 3 rings (SSSR count). The van der Waals surface area contributed by atoms with Crippen molar-refractivity contribution in [2.75, 3.05) is 0 Å². The van der Waals surface area contributed by atoms with Crippen LogP contribution in [0.5, 0.6) is 0 Å². The summed E-state index contributed by atoms with van der Waals surface area (Å²) in [4.78, 5) is 0. The summed E-state index contributed by atoms with van der Waals surface area (Å²) in [5, 5.41) is 1.16. The van der Waals surface area contributed by atoms with E-state index in [1.165, 1.54) is 0 Å². The van der Waals surface area contributed by atoms with E-state index in [9.17, 15) is 4.39 Å². The van der Waals surface area contributed by atoms with E-state index in [2.05, 4.69) is 33.5 Å². The van der Waals surface area contributed by atoms with Gasteiger partial charge in [0.1, 0.15) is 5.82 Å². The summed E-state index contributed by atoms with van der Waals surface area (Å²) in [6.07, 6.45) is 0. The molecule has 1 atom stereocenters. The average Bonchev–Trinajstić information content (AvgIpc) is 2.48. The van der Waals surface area contributed by atoms with Crippen LogP contribution in [-0.2, 0) is 0 Å². The van der Waals surface area contributed by atoms with Gasteiger partial charge in [-0.1, -0.05) is 60.7 Å². The van der Waals surface area contributed by atoms with Gasteiger partial charge in [-0.25, -0.2) is 4.39 Å². The Morgan fingerprint density at radius 1 is 0.714 bits per heavy atom. The molecule has 0 heterocycles. The monoisotopic (exact) mass is 294 g/mol. The van der Waals surface area contributed by atoms with Crippen LogP contribution < -0.4 is 5.30 Å². The van der Waals surface area contributed by atoms with Gasteiger partial charge in [-0.3, -0.25) is 0 Å². The van der Waals surface area contributed by atoms with Crippen LogP contribution in [0.4, 0.5) is 4.39 Å². The fourth-order valence-electron chi connectivity index (χ4n) is 2.37. The van der Waals surface area contributed by atoms with Crippen molar-refractivity contribution in [1.82, 2.24) is 0 Å². The Kier molecular flexibility index (Phi) is 3.86. The van der Waals surface area contributed by atoms with Crippen molar-refractivity contribution in [1.29, 1.82) is 0 Å². The maximum Gasteiger partial charge on any atom is 0.131 e. The van der Waals surface area contributed by atoms with Crippen LogP contribution in [0.2, 0.25) is 0 Å². The molecule has 2 heteroatoms. The van der Waals surface area contributed by atoms with E-state index in [-0.39, 0.29) is 5.82 Å². The second kappa shape index (κ2) is 5.79. The zero-order valence-electron chi connectivity index (χ0n) is 11.8. The molecule has 0 N–H and O–H groups in total. The molecule has 0 saturated heterocycles. The first kappa shape index (κ1) is 14.0. The van der Waals surface area contributed by atoms with E-state index in [0.717, 1.165) is 27.6 Å². The minimum Gasteiger partial charge on any atom is -0.206 e. The maximum absolute atomic E-state index is 14.0. The van der Waals surface area contributed by atoms with Gasteiger partial charge in [0.25, 0.3) is 0 Å². The van der Waals surface area contributed by atoms with Gasteiger partial charge in [0.2, 0.25) is 0 Å². The Labute approximate surface area is 126 Å². The van der Waals surface area contributed by atoms with Crippen molar-refractivity contribution < 1.29 is 4.39 Å². The van der Waals surface area contributed by atoms with Crippen molar-refractivity contribution in [3.63, 3.8) is 0 Å². The molecule has 1 unspecified atom stereocenters. The van der Waals surface area contributed by atoms with Crippen LogP contribution in [0.3, 0.4) is 0 Å². The number of aryl methyl sites for hydroxylation is 1. The molecular weight excluding hydrogens is 278 g/mol. The Morgan fingerprint density at radius 3 is 1.81 bits per heavy atom. The van der Waals surface area contributed by atoms with E-state index in [0.29, 0.717) is 5.56 Å². The molecule has 3 aromatic carbocycles. The molecule has 0 radical (unpaired) electrons. The van der Waals surface area contributed by atoms with Crippen molar-refractivity contribution >= 4 is 14.5 Å². The molecule has 0 amide bonds. The van der Waals surface area contributed by atoms with Crippen molar-refractivity contribution in [2.24, 2.45) is 0 Å². The zero-order chi connectivity index (χ0) is 14.8. The Morgan fingerprint density at radius 2 is 1.24 bits per heavy atom. The van der Waals surface area contributed by atoms with Crippen molar-refractivity contribution in [3.05, 3.63) is 78.1 Å². The first-order chi connectivity index (χ1) is 10.1. The Hall–Kier alpha value is -1.98. The van der Waals surface area contributed by atoms with E-state index in [1.54, 1.807) is 6.07 Å². The Bertz CT molecular complexity index is 759. The second-order valence-electron chi connectivity index (χ2n) is 5.18. The summed E-state index contributed by atoms with van der Waals surface area (Å²) in [5.41, 5.74) is 4.78. The third-order valence-corrected chi connectivity index (χ3v) is 3.95. The fourth-order valence-corrected chi connectivity index (χ4v) is 2.56. The van der Waals surface area contributed by atoms with E-state index in [4.69, 9.17) is 0 Å². The molecule has 0 bridgehead atoms. The van der Waals surface area contributed by atoms with Gasteiger partial charge < -0.3 is 0 Å². The van der Waals surface area contributed by atoms with Crippen LogP contribution in [0, 0.1) is 12.7 Å². The first-order valence-electron chi connectivity index (χ1n) is 6.86. The highest BCUT2D eigenvalue weighted by atomic mass is 31.0. The van der Waals surface area contributed by atoms with Crippen molar-refractivity contribution in [3.8, 4) is 22.3 Å². The summed E-state index contributed by atoms with van der Waals surface area (Å²) in [6, 6.07) is 21.6. The molecule has 0 fully saturated rings. The van der Waals surface area contributed by atoms with Crippen LogP contribution in [0.1, 0.15) is 5.56 Å². The summed E-state index contributed by atoms with van der Waals surface area (Å²) < 4.78 is 14.0. The van der Waals surface area contributed by atoms with Crippen LogP contribution in [0.25, 0.3) is 22.3 Å². The van der Waals surface area contributed by atoms with Gasteiger partial charge >= 0.3 is 0 Å². The summed E-state index contributed by atoms with van der Waals surface area (Å²) >= 11 is 0. The number of halogens is 1. The van der Waals surface area contributed by atoms with E-state index in [1.807, 2.05) is 43.3 Å². The predicted molar refractivity (Wildman–Crippen MR) is 91.4 cm³/mol. The predicted octanol–water partition coefficient (Wildman–Crippen LogP) is 4.97. The number of hydrogen-bond acceptors (Lipinski definition) is 0. The number of benzene rings is 3. The van der Waals surface area contributed by atoms with Crippen LogP contribution in [-0.4, -0.2) is 0 Å². The molecule has 3 aromatic rings. The summed E-state index contributed by atoms with van der Waals surface area (Å²) in [5.74, 6) is -0.171. The minimum atomic E-state index is -0.171. The molecule has 0 saturated carbocycles. The minimum absolute atomic E-state index is 0.171. The number of hydrogen-bond donors (Lipinski definition) is 0. The third kappa shape index (κ3) is 3.04. The summed E-state index contributed by atoms with van der Waals surface area (Å²) in [6.45, 7) is 1.89. The molecule has 0 aliphatic heterocycles. The SMILES string of the molecule is Cc1ccc(-c2ccc(-c3ccc(P)cc3)cc2)c(F)c1. The molecule has 0 aromatic heterocycles. The van der Waals surface area contributed by atoms with E-state index >= 15 is 0 Å². The fraction of sp³-hybridized carbons (Fsp3) is 0.0526. The number of rotatable bonds is 2.